The van der Waals surface area contributed by atoms with Crippen molar-refractivity contribution in [1.82, 2.24) is 0 Å². The lowest BCUT2D eigenvalue weighted by atomic mass is 9.80. The van der Waals surface area contributed by atoms with E-state index in [1.807, 2.05) is 0 Å². The second kappa shape index (κ2) is 4.66. The SMILES string of the molecule is OB(O)c1ccc(OC[C@H]2CCO2)cc1. The van der Waals surface area contributed by atoms with Crippen LogP contribution in [0.3, 0.4) is 0 Å². The largest absolute Gasteiger partial charge is 0.491 e. The molecule has 0 saturated carbocycles. The lowest BCUT2D eigenvalue weighted by Crippen LogP contribution is -2.32. The summed E-state index contributed by atoms with van der Waals surface area (Å²) in [7, 11) is -1.42. The lowest BCUT2D eigenvalue weighted by Gasteiger charge is -2.26. The van der Waals surface area contributed by atoms with Crippen molar-refractivity contribution in [3.63, 3.8) is 0 Å². The number of rotatable bonds is 4. The van der Waals surface area contributed by atoms with Crippen molar-refractivity contribution in [3.05, 3.63) is 24.3 Å². The van der Waals surface area contributed by atoms with Gasteiger partial charge in [0.1, 0.15) is 12.4 Å². The van der Waals surface area contributed by atoms with E-state index in [9.17, 15) is 0 Å². The Morgan fingerprint density at radius 2 is 2.00 bits per heavy atom. The van der Waals surface area contributed by atoms with E-state index in [4.69, 9.17) is 19.5 Å². The molecule has 1 atom stereocenters. The molecule has 5 heteroatoms. The Hall–Kier alpha value is -1.04. The summed E-state index contributed by atoms with van der Waals surface area (Å²) in [5, 5.41) is 17.7. The lowest BCUT2D eigenvalue weighted by molar-refractivity contribution is -0.0720. The zero-order valence-corrected chi connectivity index (χ0v) is 8.30. The van der Waals surface area contributed by atoms with Crippen molar-refractivity contribution in [1.29, 1.82) is 0 Å². The molecule has 0 radical (unpaired) electrons. The fourth-order valence-electron chi connectivity index (χ4n) is 1.34. The van der Waals surface area contributed by atoms with Gasteiger partial charge in [-0.05, 0) is 17.6 Å². The second-order valence-electron chi connectivity index (χ2n) is 3.54. The molecule has 0 aliphatic carbocycles. The fraction of sp³-hybridized carbons (Fsp3) is 0.400. The van der Waals surface area contributed by atoms with E-state index >= 15 is 0 Å². The van der Waals surface area contributed by atoms with Crippen LogP contribution in [0.1, 0.15) is 6.42 Å². The summed E-state index contributed by atoms with van der Waals surface area (Å²) in [5.41, 5.74) is 0.460. The molecule has 0 amide bonds. The molecule has 0 spiro atoms. The van der Waals surface area contributed by atoms with E-state index < -0.39 is 7.12 Å². The van der Waals surface area contributed by atoms with E-state index in [0.717, 1.165) is 18.8 Å². The first-order valence-electron chi connectivity index (χ1n) is 4.96. The van der Waals surface area contributed by atoms with Crippen molar-refractivity contribution in [2.75, 3.05) is 13.2 Å². The maximum atomic E-state index is 8.87. The van der Waals surface area contributed by atoms with Crippen LogP contribution >= 0.6 is 0 Å². The predicted octanol–water partition coefficient (Wildman–Crippen LogP) is -0.466. The van der Waals surface area contributed by atoms with E-state index in [1.165, 1.54) is 0 Å². The monoisotopic (exact) mass is 208 g/mol. The minimum Gasteiger partial charge on any atom is -0.491 e. The van der Waals surface area contributed by atoms with Gasteiger partial charge in [-0.15, -0.1) is 0 Å². The summed E-state index contributed by atoms with van der Waals surface area (Å²) < 4.78 is 10.7. The van der Waals surface area contributed by atoms with Gasteiger partial charge in [0.15, 0.2) is 0 Å². The van der Waals surface area contributed by atoms with Crippen LogP contribution in [0.25, 0.3) is 0 Å². The zero-order valence-electron chi connectivity index (χ0n) is 8.30. The molecule has 1 aliphatic rings. The minimum atomic E-state index is -1.42. The van der Waals surface area contributed by atoms with E-state index in [0.29, 0.717) is 12.1 Å². The van der Waals surface area contributed by atoms with Gasteiger partial charge in [-0.3, -0.25) is 0 Å². The molecule has 0 unspecified atom stereocenters. The Labute approximate surface area is 88.6 Å². The van der Waals surface area contributed by atoms with Crippen LogP contribution in [0.5, 0.6) is 5.75 Å². The van der Waals surface area contributed by atoms with Gasteiger partial charge in [-0.25, -0.2) is 0 Å². The van der Waals surface area contributed by atoms with Crippen LogP contribution in [0.15, 0.2) is 24.3 Å². The average molecular weight is 208 g/mol. The molecule has 1 aromatic rings. The molecule has 4 nitrogen and oxygen atoms in total. The smallest absolute Gasteiger partial charge is 0.488 e. The van der Waals surface area contributed by atoms with Gasteiger partial charge < -0.3 is 19.5 Å². The van der Waals surface area contributed by atoms with Crippen LogP contribution in [0.2, 0.25) is 0 Å². The number of benzene rings is 1. The zero-order chi connectivity index (χ0) is 10.7. The number of hydrogen-bond acceptors (Lipinski definition) is 4. The van der Waals surface area contributed by atoms with Gasteiger partial charge in [-0.2, -0.15) is 0 Å². The Balaban J connectivity index is 1.86. The van der Waals surface area contributed by atoms with Crippen LogP contribution in [-0.4, -0.2) is 36.5 Å². The van der Waals surface area contributed by atoms with E-state index in [1.54, 1.807) is 24.3 Å². The second-order valence-corrected chi connectivity index (χ2v) is 3.54. The van der Waals surface area contributed by atoms with Gasteiger partial charge in [0.2, 0.25) is 0 Å². The molecule has 1 aliphatic heterocycles. The van der Waals surface area contributed by atoms with Crippen molar-refractivity contribution in [2.24, 2.45) is 0 Å². The summed E-state index contributed by atoms with van der Waals surface area (Å²) in [6, 6.07) is 6.68. The first kappa shape index (κ1) is 10.5. The normalized spacial score (nSPS) is 19.5. The highest BCUT2D eigenvalue weighted by Crippen LogP contribution is 2.14. The van der Waals surface area contributed by atoms with Crippen LogP contribution < -0.4 is 10.2 Å². The van der Waals surface area contributed by atoms with Crippen molar-refractivity contribution in [2.45, 2.75) is 12.5 Å². The molecular formula is C10H13BO4. The highest BCUT2D eigenvalue weighted by molar-refractivity contribution is 6.58. The molecule has 1 saturated heterocycles. The standard InChI is InChI=1S/C10H13BO4/c12-11(13)8-1-3-9(4-2-8)15-7-10-5-6-14-10/h1-4,10,12-13H,5-7H2/t10-/m1/s1. The molecule has 2 N–H and O–H groups in total. The molecular weight excluding hydrogens is 195 g/mol. The molecule has 0 aromatic heterocycles. The van der Waals surface area contributed by atoms with Gasteiger partial charge >= 0.3 is 7.12 Å². The Morgan fingerprint density at radius 3 is 2.47 bits per heavy atom. The summed E-state index contributed by atoms with van der Waals surface area (Å²) in [5.74, 6) is 0.718. The van der Waals surface area contributed by atoms with Crippen LogP contribution in [0, 0.1) is 0 Å². The van der Waals surface area contributed by atoms with Crippen molar-refractivity contribution in [3.8, 4) is 5.75 Å². The van der Waals surface area contributed by atoms with Crippen LogP contribution in [0.4, 0.5) is 0 Å². The number of ether oxygens (including phenoxy) is 2. The highest BCUT2D eigenvalue weighted by Gasteiger charge is 2.18. The molecule has 15 heavy (non-hydrogen) atoms. The van der Waals surface area contributed by atoms with E-state index in [2.05, 4.69) is 0 Å². The van der Waals surface area contributed by atoms with Crippen LogP contribution in [-0.2, 0) is 4.74 Å². The first-order chi connectivity index (χ1) is 7.25. The van der Waals surface area contributed by atoms with Crippen molar-refractivity contribution < 1.29 is 19.5 Å². The fourth-order valence-corrected chi connectivity index (χ4v) is 1.34. The summed E-state index contributed by atoms with van der Waals surface area (Å²) in [6.45, 7) is 1.38. The van der Waals surface area contributed by atoms with Gasteiger partial charge in [0.25, 0.3) is 0 Å². The molecule has 1 fully saturated rings. The summed E-state index contributed by atoms with van der Waals surface area (Å²) in [4.78, 5) is 0. The highest BCUT2D eigenvalue weighted by atomic mass is 16.5. The summed E-state index contributed by atoms with van der Waals surface area (Å²) in [6.07, 6.45) is 1.26. The Kier molecular flexibility index (Phi) is 3.25. The van der Waals surface area contributed by atoms with Crippen molar-refractivity contribution >= 4 is 12.6 Å². The molecule has 0 bridgehead atoms. The average Bonchev–Trinajstić information content (AvgIpc) is 2.16. The maximum absolute atomic E-state index is 8.87. The summed E-state index contributed by atoms with van der Waals surface area (Å²) >= 11 is 0. The third-order valence-electron chi connectivity index (χ3n) is 2.41. The quantitative estimate of drug-likeness (QED) is 0.657. The predicted molar refractivity (Wildman–Crippen MR) is 56.1 cm³/mol. The van der Waals surface area contributed by atoms with Gasteiger partial charge in [0, 0.05) is 13.0 Å². The first-order valence-corrected chi connectivity index (χ1v) is 4.96. The molecule has 80 valence electrons. The minimum absolute atomic E-state index is 0.216. The molecule has 1 heterocycles. The van der Waals surface area contributed by atoms with E-state index in [-0.39, 0.29) is 6.10 Å². The Morgan fingerprint density at radius 1 is 1.33 bits per heavy atom. The van der Waals surface area contributed by atoms with Gasteiger partial charge in [-0.1, -0.05) is 12.1 Å². The third-order valence-corrected chi connectivity index (χ3v) is 2.41. The third kappa shape index (κ3) is 2.71. The number of hydrogen-bond donors (Lipinski definition) is 2. The van der Waals surface area contributed by atoms with Gasteiger partial charge in [0.05, 0.1) is 6.10 Å². The topological polar surface area (TPSA) is 58.9 Å². The maximum Gasteiger partial charge on any atom is 0.488 e. The Bertz CT molecular complexity index is 308. The molecule has 1 aromatic carbocycles. The molecule has 2 rings (SSSR count).